The summed E-state index contributed by atoms with van der Waals surface area (Å²) in [5.41, 5.74) is 0.567. The van der Waals surface area contributed by atoms with Crippen molar-refractivity contribution in [3.05, 3.63) is 65.6 Å². The first-order valence-corrected chi connectivity index (χ1v) is 9.84. The van der Waals surface area contributed by atoms with Crippen molar-refractivity contribution < 1.29 is 23.8 Å². The Morgan fingerprint density at radius 1 is 1.03 bits per heavy atom. The van der Waals surface area contributed by atoms with Crippen molar-refractivity contribution >= 4 is 17.4 Å². The quantitative estimate of drug-likeness (QED) is 0.459. The highest BCUT2D eigenvalue weighted by atomic mass is 16.5. The molecule has 29 heavy (non-hydrogen) atoms. The van der Waals surface area contributed by atoms with Gasteiger partial charge in [-0.1, -0.05) is 30.3 Å². The van der Waals surface area contributed by atoms with Gasteiger partial charge in [-0.05, 0) is 18.6 Å². The number of rotatable bonds is 6. The number of amides is 1. The molecule has 1 N–H and O–H groups in total. The SMILES string of the molecule is O=C1C(=O)N(CCCN2CCOCC2)[C@@H](c2ccco2)C1=C(O)c1ccccc1. The molecule has 3 heterocycles. The van der Waals surface area contributed by atoms with Crippen LogP contribution in [0.3, 0.4) is 0 Å². The third-order valence-electron chi connectivity index (χ3n) is 5.38. The lowest BCUT2D eigenvalue weighted by molar-refractivity contribution is -0.140. The Kier molecular flexibility index (Phi) is 5.78. The fourth-order valence-electron chi connectivity index (χ4n) is 3.89. The van der Waals surface area contributed by atoms with Crippen LogP contribution in [0.25, 0.3) is 5.76 Å². The maximum absolute atomic E-state index is 12.8. The second-order valence-corrected chi connectivity index (χ2v) is 7.18. The number of nitrogens with zero attached hydrogens (tertiary/aromatic N) is 2. The Bertz CT molecular complexity index is 885. The van der Waals surface area contributed by atoms with Crippen LogP contribution in [0.5, 0.6) is 0 Å². The number of morpholine rings is 1. The van der Waals surface area contributed by atoms with E-state index < -0.39 is 17.7 Å². The summed E-state index contributed by atoms with van der Waals surface area (Å²) in [7, 11) is 0. The summed E-state index contributed by atoms with van der Waals surface area (Å²) >= 11 is 0. The lowest BCUT2D eigenvalue weighted by atomic mass is 9.99. The van der Waals surface area contributed by atoms with Crippen LogP contribution in [-0.4, -0.2) is 66.0 Å². The van der Waals surface area contributed by atoms with Crippen LogP contribution in [0.2, 0.25) is 0 Å². The molecule has 1 aromatic heterocycles. The summed E-state index contributed by atoms with van der Waals surface area (Å²) in [5, 5.41) is 10.8. The molecule has 2 aromatic rings. The molecule has 0 spiro atoms. The number of benzene rings is 1. The van der Waals surface area contributed by atoms with Gasteiger partial charge in [-0.15, -0.1) is 0 Å². The predicted octanol–water partition coefficient (Wildman–Crippen LogP) is 2.42. The number of hydrogen-bond donors (Lipinski definition) is 1. The van der Waals surface area contributed by atoms with E-state index in [2.05, 4.69) is 4.90 Å². The number of likely N-dealkylation sites (tertiary alicyclic amines) is 1. The summed E-state index contributed by atoms with van der Waals surface area (Å²) in [6.07, 6.45) is 2.22. The molecule has 1 amide bonds. The third kappa shape index (κ3) is 3.97. The van der Waals surface area contributed by atoms with Crippen molar-refractivity contribution in [1.29, 1.82) is 0 Å². The van der Waals surface area contributed by atoms with Crippen molar-refractivity contribution in [3.63, 3.8) is 0 Å². The minimum atomic E-state index is -0.727. The Hall–Kier alpha value is -2.90. The van der Waals surface area contributed by atoms with Crippen LogP contribution in [0.15, 0.2) is 58.7 Å². The van der Waals surface area contributed by atoms with Crippen LogP contribution in [0.1, 0.15) is 23.8 Å². The number of furan rings is 1. The van der Waals surface area contributed by atoms with Crippen molar-refractivity contribution in [2.75, 3.05) is 39.4 Å². The fraction of sp³-hybridized carbons (Fsp3) is 0.364. The smallest absolute Gasteiger partial charge is 0.295 e. The van der Waals surface area contributed by atoms with Gasteiger partial charge in [-0.2, -0.15) is 0 Å². The van der Waals surface area contributed by atoms with E-state index in [0.717, 1.165) is 26.1 Å². The fourth-order valence-corrected chi connectivity index (χ4v) is 3.89. The second-order valence-electron chi connectivity index (χ2n) is 7.18. The standard InChI is InChI=1S/C22H24N2O5/c25-20(16-6-2-1-3-7-16)18-19(17-8-4-13-29-17)24(22(27)21(18)26)10-5-9-23-11-14-28-15-12-23/h1-4,6-8,13,19,25H,5,9-12,14-15H2/t19-/m0/s1. The van der Waals surface area contributed by atoms with Gasteiger partial charge in [-0.25, -0.2) is 0 Å². The molecule has 0 saturated carbocycles. The molecule has 0 unspecified atom stereocenters. The number of Topliss-reactive ketones (excluding diaryl/α,β-unsaturated/α-hetero) is 1. The maximum Gasteiger partial charge on any atom is 0.295 e. The third-order valence-corrected chi connectivity index (χ3v) is 5.38. The number of aliphatic hydroxyl groups excluding tert-OH is 1. The van der Waals surface area contributed by atoms with E-state index in [1.54, 1.807) is 36.4 Å². The van der Waals surface area contributed by atoms with Gasteiger partial charge in [0, 0.05) is 31.7 Å². The number of hydrogen-bond acceptors (Lipinski definition) is 6. The minimum Gasteiger partial charge on any atom is -0.507 e. The van der Waals surface area contributed by atoms with Gasteiger partial charge in [0.25, 0.3) is 11.7 Å². The van der Waals surface area contributed by atoms with Crippen molar-refractivity contribution in [1.82, 2.24) is 9.80 Å². The molecular formula is C22H24N2O5. The molecule has 1 atom stereocenters. The number of ether oxygens (including phenoxy) is 1. The Morgan fingerprint density at radius 3 is 2.48 bits per heavy atom. The zero-order valence-corrected chi connectivity index (χ0v) is 16.1. The van der Waals surface area contributed by atoms with Crippen molar-refractivity contribution in [3.8, 4) is 0 Å². The molecule has 152 valence electrons. The first kappa shape index (κ1) is 19.4. The average Bonchev–Trinajstić information content (AvgIpc) is 3.37. The first-order chi connectivity index (χ1) is 14.2. The Labute approximate surface area is 169 Å². The van der Waals surface area contributed by atoms with Gasteiger partial charge in [0.15, 0.2) is 0 Å². The van der Waals surface area contributed by atoms with Gasteiger partial charge in [-0.3, -0.25) is 14.5 Å². The van der Waals surface area contributed by atoms with Gasteiger partial charge < -0.3 is 19.2 Å². The molecule has 0 bridgehead atoms. The zero-order valence-electron chi connectivity index (χ0n) is 16.1. The van der Waals surface area contributed by atoms with Gasteiger partial charge in [0.1, 0.15) is 17.6 Å². The van der Waals surface area contributed by atoms with Gasteiger partial charge in [0.05, 0.1) is 25.1 Å². The highest BCUT2D eigenvalue weighted by Crippen LogP contribution is 2.39. The normalized spacial score (nSPS) is 22.3. The maximum atomic E-state index is 12.8. The van der Waals surface area contributed by atoms with Crippen molar-refractivity contribution in [2.24, 2.45) is 0 Å². The topological polar surface area (TPSA) is 83.2 Å². The van der Waals surface area contributed by atoms with Crippen LogP contribution < -0.4 is 0 Å². The first-order valence-electron chi connectivity index (χ1n) is 9.84. The molecule has 0 radical (unpaired) electrons. The second kappa shape index (κ2) is 8.63. The number of carbonyl (C=O) groups excluding carboxylic acids is 2. The van der Waals surface area contributed by atoms with Gasteiger partial charge >= 0.3 is 0 Å². The number of aliphatic hydroxyl groups is 1. The van der Waals surface area contributed by atoms with Crippen LogP contribution in [0, 0.1) is 0 Å². The molecule has 7 nitrogen and oxygen atoms in total. The zero-order chi connectivity index (χ0) is 20.2. The molecule has 4 rings (SSSR count). The van der Waals surface area contributed by atoms with E-state index in [1.807, 2.05) is 6.07 Å². The predicted molar refractivity (Wildman–Crippen MR) is 106 cm³/mol. The molecule has 2 fully saturated rings. The molecule has 2 saturated heterocycles. The Morgan fingerprint density at radius 2 is 1.79 bits per heavy atom. The summed E-state index contributed by atoms with van der Waals surface area (Å²) in [5.74, 6) is -1.00. The largest absolute Gasteiger partial charge is 0.507 e. The van der Waals surface area contributed by atoms with E-state index in [0.29, 0.717) is 31.1 Å². The molecule has 1 aromatic carbocycles. The van der Waals surface area contributed by atoms with Gasteiger partial charge in [0.2, 0.25) is 0 Å². The monoisotopic (exact) mass is 396 g/mol. The van der Waals surface area contributed by atoms with E-state index in [9.17, 15) is 14.7 Å². The number of ketones is 1. The van der Waals surface area contributed by atoms with Crippen molar-refractivity contribution in [2.45, 2.75) is 12.5 Å². The van der Waals surface area contributed by atoms with E-state index in [-0.39, 0.29) is 11.3 Å². The van der Waals surface area contributed by atoms with Crippen LogP contribution in [0.4, 0.5) is 0 Å². The minimum absolute atomic E-state index is 0.0718. The summed E-state index contributed by atoms with van der Waals surface area (Å²) in [6, 6.07) is 11.5. The highest BCUT2D eigenvalue weighted by molar-refractivity contribution is 6.46. The summed E-state index contributed by atoms with van der Waals surface area (Å²) in [4.78, 5) is 29.4. The lowest BCUT2D eigenvalue weighted by Crippen LogP contribution is -2.38. The summed E-state index contributed by atoms with van der Waals surface area (Å²) in [6.45, 7) is 4.39. The van der Waals surface area contributed by atoms with E-state index >= 15 is 0 Å². The molecule has 0 aliphatic carbocycles. The van der Waals surface area contributed by atoms with E-state index in [4.69, 9.17) is 9.15 Å². The Balaban J connectivity index is 1.60. The molecule has 7 heteroatoms. The molecular weight excluding hydrogens is 372 g/mol. The summed E-state index contributed by atoms with van der Waals surface area (Å²) < 4.78 is 10.9. The highest BCUT2D eigenvalue weighted by Gasteiger charge is 2.47. The van der Waals surface area contributed by atoms with Crippen LogP contribution >= 0.6 is 0 Å². The number of carbonyl (C=O) groups is 2. The van der Waals surface area contributed by atoms with E-state index in [1.165, 1.54) is 11.2 Å². The molecule has 2 aliphatic heterocycles. The lowest BCUT2D eigenvalue weighted by Gasteiger charge is -2.28. The molecule has 2 aliphatic rings. The van der Waals surface area contributed by atoms with Crippen LogP contribution in [-0.2, 0) is 14.3 Å². The average molecular weight is 396 g/mol.